The van der Waals surface area contributed by atoms with Gasteiger partial charge in [-0.05, 0) is 67.7 Å². The summed E-state index contributed by atoms with van der Waals surface area (Å²) in [5.74, 6) is -1.25. The van der Waals surface area contributed by atoms with Gasteiger partial charge in [0.25, 0.3) is 0 Å². The quantitative estimate of drug-likeness (QED) is 0.681. The molecule has 32 heavy (non-hydrogen) atoms. The topological polar surface area (TPSA) is 49.4 Å². The van der Waals surface area contributed by atoms with Gasteiger partial charge in [0.15, 0.2) is 0 Å². The Kier molecular flexibility index (Phi) is 5.48. The smallest absolute Gasteiger partial charge is 0.231 e. The highest BCUT2D eigenvalue weighted by Crippen LogP contribution is 2.56. The molecular weight excluding hydrogens is 410 g/mol. The van der Waals surface area contributed by atoms with Crippen LogP contribution in [0.15, 0.2) is 42.5 Å². The van der Waals surface area contributed by atoms with Crippen LogP contribution in [0.5, 0.6) is 0 Å². The van der Waals surface area contributed by atoms with Crippen LogP contribution in [0.1, 0.15) is 44.9 Å². The predicted octanol–water partition coefficient (Wildman–Crippen LogP) is 5.39. The molecule has 0 bridgehead atoms. The van der Waals surface area contributed by atoms with Gasteiger partial charge in [0, 0.05) is 19.0 Å². The molecule has 2 aromatic rings. The Bertz CT molecular complexity index is 1000. The van der Waals surface area contributed by atoms with Crippen molar-refractivity contribution in [2.75, 3.05) is 18.4 Å². The van der Waals surface area contributed by atoms with Crippen LogP contribution in [-0.4, -0.2) is 29.8 Å². The van der Waals surface area contributed by atoms with E-state index >= 15 is 0 Å². The van der Waals surface area contributed by atoms with Crippen LogP contribution in [-0.2, 0) is 9.59 Å². The molecular formula is C26H28F2N2O2. The summed E-state index contributed by atoms with van der Waals surface area (Å²) in [5, 5.41) is 2.56. The fourth-order valence-electron chi connectivity index (χ4n) is 5.25. The molecule has 2 amide bonds. The molecule has 1 N–H and O–H groups in total. The number of carbonyl (C=O) groups excluding carboxylic acids is 2. The zero-order valence-corrected chi connectivity index (χ0v) is 18.1. The van der Waals surface area contributed by atoms with Crippen molar-refractivity contribution in [1.29, 1.82) is 0 Å². The van der Waals surface area contributed by atoms with Gasteiger partial charge >= 0.3 is 0 Å². The van der Waals surface area contributed by atoms with Gasteiger partial charge in [-0.3, -0.25) is 9.59 Å². The van der Waals surface area contributed by atoms with Crippen molar-refractivity contribution in [3.8, 4) is 11.1 Å². The second-order valence-corrected chi connectivity index (χ2v) is 9.52. The number of amides is 2. The third kappa shape index (κ3) is 3.80. The molecule has 3 fully saturated rings. The maximum absolute atomic E-state index is 14.8. The van der Waals surface area contributed by atoms with Crippen LogP contribution in [0, 0.1) is 28.9 Å². The molecule has 2 aliphatic carbocycles. The summed E-state index contributed by atoms with van der Waals surface area (Å²) in [6, 6.07) is 11.6. The van der Waals surface area contributed by atoms with Crippen molar-refractivity contribution in [1.82, 2.24) is 4.90 Å². The lowest BCUT2D eigenvalue weighted by Gasteiger charge is -2.38. The monoisotopic (exact) mass is 438 g/mol. The summed E-state index contributed by atoms with van der Waals surface area (Å²) in [7, 11) is 0. The van der Waals surface area contributed by atoms with Gasteiger partial charge in [-0.1, -0.05) is 36.8 Å². The number of nitrogens with zero attached hydrogens (tertiary/aromatic N) is 1. The predicted molar refractivity (Wildman–Crippen MR) is 119 cm³/mol. The molecule has 1 heterocycles. The van der Waals surface area contributed by atoms with E-state index in [1.807, 2.05) is 23.1 Å². The van der Waals surface area contributed by atoms with Crippen molar-refractivity contribution in [3.63, 3.8) is 0 Å². The van der Waals surface area contributed by atoms with E-state index in [1.54, 1.807) is 12.1 Å². The van der Waals surface area contributed by atoms with E-state index in [2.05, 4.69) is 5.32 Å². The molecule has 4 nitrogen and oxygen atoms in total. The van der Waals surface area contributed by atoms with E-state index in [-0.39, 0.29) is 29.3 Å². The number of anilines is 1. The molecule has 0 atom stereocenters. The molecule has 3 aliphatic rings. The standard InChI is InChI=1S/C26H28F2N2O2/c27-21-15-19(17-5-2-1-3-6-17)16-22(28)23(21)29-25(32)26(11-12-26)20-9-13-30(14-10-20)24(31)18-7-4-8-18/h1-3,5-6,15-16,18,20H,4,7-14H2,(H,29,32). The van der Waals surface area contributed by atoms with Gasteiger partial charge in [0.1, 0.15) is 17.3 Å². The van der Waals surface area contributed by atoms with E-state index in [4.69, 9.17) is 0 Å². The number of likely N-dealkylation sites (tertiary alicyclic amines) is 1. The van der Waals surface area contributed by atoms with Crippen LogP contribution in [0.4, 0.5) is 14.5 Å². The molecule has 1 aliphatic heterocycles. The van der Waals surface area contributed by atoms with Crippen molar-refractivity contribution < 1.29 is 18.4 Å². The van der Waals surface area contributed by atoms with Crippen LogP contribution in [0.2, 0.25) is 0 Å². The van der Waals surface area contributed by atoms with Crippen LogP contribution in [0.3, 0.4) is 0 Å². The largest absolute Gasteiger partial charge is 0.342 e. The average Bonchev–Trinajstić information content (AvgIpc) is 3.58. The Hall–Kier alpha value is -2.76. The van der Waals surface area contributed by atoms with E-state index in [0.717, 1.165) is 44.9 Å². The molecule has 6 heteroatoms. The summed E-state index contributed by atoms with van der Waals surface area (Å²) in [4.78, 5) is 27.5. The second-order valence-electron chi connectivity index (χ2n) is 9.52. The highest BCUT2D eigenvalue weighted by atomic mass is 19.1. The summed E-state index contributed by atoms with van der Waals surface area (Å²) in [6.07, 6.45) is 6.11. The van der Waals surface area contributed by atoms with Gasteiger partial charge in [0.2, 0.25) is 11.8 Å². The number of benzene rings is 2. The van der Waals surface area contributed by atoms with E-state index in [9.17, 15) is 18.4 Å². The third-order valence-electron chi connectivity index (χ3n) is 7.67. The maximum Gasteiger partial charge on any atom is 0.231 e. The Morgan fingerprint density at radius 3 is 2.06 bits per heavy atom. The van der Waals surface area contributed by atoms with E-state index < -0.39 is 17.0 Å². The van der Waals surface area contributed by atoms with Crippen LogP contribution < -0.4 is 5.32 Å². The molecule has 2 aromatic carbocycles. The van der Waals surface area contributed by atoms with Crippen LogP contribution in [0.25, 0.3) is 11.1 Å². The zero-order chi connectivity index (χ0) is 22.3. The Labute approximate surface area is 187 Å². The van der Waals surface area contributed by atoms with Crippen molar-refractivity contribution in [2.45, 2.75) is 44.9 Å². The van der Waals surface area contributed by atoms with Gasteiger partial charge in [-0.2, -0.15) is 0 Å². The first kappa shape index (κ1) is 21.1. The number of rotatable bonds is 5. The molecule has 0 aromatic heterocycles. The molecule has 168 valence electrons. The Balaban J connectivity index is 1.25. The van der Waals surface area contributed by atoms with E-state index in [0.29, 0.717) is 24.2 Å². The molecule has 2 saturated carbocycles. The minimum atomic E-state index is -0.770. The molecule has 1 saturated heterocycles. The zero-order valence-electron chi connectivity index (χ0n) is 18.1. The SMILES string of the molecule is O=C(C1CCC1)N1CCC(C2(C(=O)Nc3c(F)cc(-c4ccccc4)cc3F)CC2)CC1. The molecule has 0 spiro atoms. The van der Waals surface area contributed by atoms with Gasteiger partial charge in [0.05, 0.1) is 5.41 Å². The van der Waals surface area contributed by atoms with E-state index in [1.165, 1.54) is 12.1 Å². The highest BCUT2D eigenvalue weighted by Gasteiger charge is 2.56. The number of nitrogens with one attached hydrogen (secondary N) is 1. The first-order chi connectivity index (χ1) is 15.5. The maximum atomic E-state index is 14.8. The summed E-state index contributed by atoms with van der Waals surface area (Å²) >= 11 is 0. The number of piperidine rings is 1. The van der Waals surface area contributed by atoms with Gasteiger partial charge < -0.3 is 10.2 Å². The third-order valence-corrected chi connectivity index (χ3v) is 7.67. The van der Waals surface area contributed by atoms with Gasteiger partial charge in [-0.15, -0.1) is 0 Å². The van der Waals surface area contributed by atoms with Crippen molar-refractivity contribution in [3.05, 3.63) is 54.1 Å². The normalized spacial score (nSPS) is 20.5. The summed E-state index contributed by atoms with van der Waals surface area (Å²) < 4.78 is 29.5. The fourth-order valence-corrected chi connectivity index (χ4v) is 5.25. The second kappa shape index (κ2) is 8.30. The molecule has 0 unspecified atom stereocenters. The molecule has 5 rings (SSSR count). The number of hydrogen-bond donors (Lipinski definition) is 1. The first-order valence-electron chi connectivity index (χ1n) is 11.6. The minimum absolute atomic E-state index is 0.141. The number of carbonyl (C=O) groups is 2. The van der Waals surface area contributed by atoms with Crippen molar-refractivity contribution >= 4 is 17.5 Å². The Morgan fingerprint density at radius 1 is 0.906 bits per heavy atom. The lowest BCUT2D eigenvalue weighted by atomic mass is 9.79. The summed E-state index contributed by atoms with van der Waals surface area (Å²) in [6.45, 7) is 1.34. The molecule has 0 radical (unpaired) electrons. The van der Waals surface area contributed by atoms with Gasteiger partial charge in [-0.25, -0.2) is 8.78 Å². The first-order valence-corrected chi connectivity index (χ1v) is 11.6. The summed E-state index contributed by atoms with van der Waals surface area (Å²) in [5.41, 5.74) is 0.203. The average molecular weight is 439 g/mol. The highest BCUT2D eigenvalue weighted by molar-refractivity contribution is 5.98. The Morgan fingerprint density at radius 2 is 1.53 bits per heavy atom. The lowest BCUT2D eigenvalue weighted by molar-refractivity contribution is -0.140. The van der Waals surface area contributed by atoms with Crippen molar-refractivity contribution in [2.24, 2.45) is 17.3 Å². The minimum Gasteiger partial charge on any atom is -0.342 e. The number of halogens is 2. The fraction of sp³-hybridized carbons (Fsp3) is 0.462. The van der Waals surface area contributed by atoms with Crippen LogP contribution >= 0.6 is 0 Å². The number of hydrogen-bond acceptors (Lipinski definition) is 2. The lowest BCUT2D eigenvalue weighted by Crippen LogP contribution is -2.46.